The lowest BCUT2D eigenvalue weighted by Gasteiger charge is -2.04. The lowest BCUT2D eigenvalue weighted by molar-refractivity contribution is -0.118. The Bertz CT molecular complexity index is 523. The molecule has 0 aliphatic rings. The normalized spacial score (nSPS) is 10.8. The van der Waals surface area contributed by atoms with Crippen molar-refractivity contribution in [2.45, 2.75) is 13.0 Å². The zero-order valence-corrected chi connectivity index (χ0v) is 9.31. The highest BCUT2D eigenvalue weighted by Gasteiger charge is 2.11. The number of aromatic nitrogens is 3. The number of halogens is 1. The Morgan fingerprint density at radius 1 is 1.56 bits per heavy atom. The topological polar surface area (TPSA) is 73.8 Å². The molecular formula is C10H11ClN4O. The highest BCUT2D eigenvalue weighted by Crippen LogP contribution is 2.15. The molecule has 0 unspecified atom stereocenters. The summed E-state index contributed by atoms with van der Waals surface area (Å²) < 4.78 is 1.78. The van der Waals surface area contributed by atoms with Crippen LogP contribution >= 0.6 is 11.6 Å². The molecule has 6 heteroatoms. The van der Waals surface area contributed by atoms with Gasteiger partial charge in [-0.25, -0.2) is 4.98 Å². The van der Waals surface area contributed by atoms with Crippen molar-refractivity contribution in [3.05, 3.63) is 24.3 Å². The number of primary amides is 1. The van der Waals surface area contributed by atoms with Crippen molar-refractivity contribution in [1.29, 1.82) is 0 Å². The van der Waals surface area contributed by atoms with Crippen molar-refractivity contribution in [1.82, 2.24) is 14.5 Å². The highest BCUT2D eigenvalue weighted by molar-refractivity contribution is 6.17. The average molecular weight is 239 g/mol. The Balaban J connectivity index is 2.54. The molecule has 2 aromatic rings. The van der Waals surface area contributed by atoms with Gasteiger partial charge in [-0.05, 0) is 6.07 Å². The average Bonchev–Trinajstić information content (AvgIpc) is 2.57. The quantitative estimate of drug-likeness (QED) is 0.797. The third-order valence-electron chi connectivity index (χ3n) is 2.26. The predicted molar refractivity (Wildman–Crippen MR) is 61.1 cm³/mol. The molecule has 2 N–H and O–H groups in total. The van der Waals surface area contributed by atoms with Gasteiger partial charge in [-0.1, -0.05) is 0 Å². The van der Waals surface area contributed by atoms with E-state index in [9.17, 15) is 4.79 Å². The van der Waals surface area contributed by atoms with Crippen molar-refractivity contribution >= 4 is 28.5 Å². The van der Waals surface area contributed by atoms with Crippen LogP contribution in [-0.2, 0) is 17.8 Å². The third-order valence-corrected chi connectivity index (χ3v) is 2.45. The van der Waals surface area contributed by atoms with Gasteiger partial charge in [0, 0.05) is 18.5 Å². The summed E-state index contributed by atoms with van der Waals surface area (Å²) in [7, 11) is 0. The van der Waals surface area contributed by atoms with Gasteiger partial charge in [0.2, 0.25) is 5.91 Å². The van der Waals surface area contributed by atoms with E-state index in [0.717, 1.165) is 16.9 Å². The largest absolute Gasteiger partial charge is 0.368 e. The van der Waals surface area contributed by atoms with Crippen molar-refractivity contribution in [3.63, 3.8) is 0 Å². The number of pyridine rings is 1. The van der Waals surface area contributed by atoms with E-state index in [0.29, 0.717) is 12.3 Å². The standard InChI is InChI=1S/C10H11ClN4O/c11-3-1-10-14-7-5-13-4-2-8(7)15(10)6-9(12)16/h2,4-5H,1,3,6H2,(H2,12,16). The molecular weight excluding hydrogens is 228 g/mol. The number of alkyl halides is 1. The van der Waals surface area contributed by atoms with Gasteiger partial charge in [0.25, 0.3) is 0 Å². The van der Waals surface area contributed by atoms with Crippen LogP contribution in [0.1, 0.15) is 5.82 Å². The van der Waals surface area contributed by atoms with E-state index in [4.69, 9.17) is 17.3 Å². The molecule has 0 aromatic carbocycles. The summed E-state index contributed by atoms with van der Waals surface area (Å²) in [5.41, 5.74) is 6.81. The molecule has 5 nitrogen and oxygen atoms in total. The van der Waals surface area contributed by atoms with Crippen molar-refractivity contribution in [3.8, 4) is 0 Å². The summed E-state index contributed by atoms with van der Waals surface area (Å²) in [6.07, 6.45) is 3.92. The van der Waals surface area contributed by atoms with E-state index in [1.54, 1.807) is 17.0 Å². The minimum absolute atomic E-state index is 0.118. The first-order chi connectivity index (χ1) is 7.72. The SMILES string of the molecule is NC(=O)Cn1c(CCCl)nc2cnccc21. The van der Waals surface area contributed by atoms with Crippen LogP contribution in [-0.4, -0.2) is 26.3 Å². The van der Waals surface area contributed by atoms with Crippen LogP contribution < -0.4 is 5.73 Å². The minimum atomic E-state index is -0.396. The Kier molecular flexibility index (Phi) is 3.05. The molecule has 16 heavy (non-hydrogen) atoms. The molecule has 0 aliphatic carbocycles. The molecule has 1 amide bonds. The molecule has 84 valence electrons. The van der Waals surface area contributed by atoms with Gasteiger partial charge in [0.05, 0.1) is 11.7 Å². The van der Waals surface area contributed by atoms with E-state index >= 15 is 0 Å². The lowest BCUT2D eigenvalue weighted by atomic mass is 10.4. The first kappa shape index (κ1) is 10.9. The number of aryl methyl sites for hydroxylation is 1. The van der Waals surface area contributed by atoms with E-state index in [2.05, 4.69) is 9.97 Å². The van der Waals surface area contributed by atoms with Crippen LogP contribution in [0, 0.1) is 0 Å². The lowest BCUT2D eigenvalue weighted by Crippen LogP contribution is -2.20. The number of rotatable bonds is 4. The number of nitrogens with two attached hydrogens (primary N) is 1. The summed E-state index contributed by atoms with van der Waals surface area (Å²) in [4.78, 5) is 19.3. The van der Waals surface area contributed by atoms with E-state index in [1.807, 2.05) is 6.07 Å². The van der Waals surface area contributed by atoms with Crippen molar-refractivity contribution < 1.29 is 4.79 Å². The maximum Gasteiger partial charge on any atom is 0.237 e. The highest BCUT2D eigenvalue weighted by atomic mass is 35.5. The molecule has 0 spiro atoms. The van der Waals surface area contributed by atoms with Crippen LogP contribution in [0.3, 0.4) is 0 Å². The number of amides is 1. The van der Waals surface area contributed by atoms with Gasteiger partial charge in [0.15, 0.2) is 0 Å². The summed E-state index contributed by atoms with van der Waals surface area (Å²) in [6.45, 7) is 0.118. The van der Waals surface area contributed by atoms with Crippen molar-refractivity contribution in [2.24, 2.45) is 5.73 Å². The Morgan fingerprint density at radius 2 is 2.38 bits per heavy atom. The molecule has 0 atom stereocenters. The van der Waals surface area contributed by atoms with Gasteiger partial charge in [-0.3, -0.25) is 9.78 Å². The number of hydrogen-bond donors (Lipinski definition) is 1. The molecule has 0 fully saturated rings. The maximum atomic E-state index is 11.0. The van der Waals surface area contributed by atoms with Gasteiger partial charge < -0.3 is 10.3 Å². The number of hydrogen-bond acceptors (Lipinski definition) is 3. The summed E-state index contributed by atoms with van der Waals surface area (Å²) in [6, 6.07) is 1.81. The first-order valence-electron chi connectivity index (χ1n) is 4.85. The van der Waals surface area contributed by atoms with Gasteiger partial charge >= 0.3 is 0 Å². The van der Waals surface area contributed by atoms with E-state index < -0.39 is 5.91 Å². The molecule has 0 bridgehead atoms. The van der Waals surface area contributed by atoms with Crippen LogP contribution in [0.4, 0.5) is 0 Å². The summed E-state index contributed by atoms with van der Waals surface area (Å²) in [5.74, 6) is 0.818. The number of fused-ring (bicyclic) bond motifs is 1. The number of nitrogens with zero attached hydrogens (tertiary/aromatic N) is 3. The van der Waals surface area contributed by atoms with Crippen LogP contribution in [0.25, 0.3) is 11.0 Å². The van der Waals surface area contributed by atoms with E-state index in [1.165, 1.54) is 0 Å². The van der Waals surface area contributed by atoms with Crippen LogP contribution in [0.15, 0.2) is 18.5 Å². The predicted octanol–water partition coefficient (Wildman–Crippen LogP) is 0.698. The molecule has 0 radical (unpaired) electrons. The first-order valence-corrected chi connectivity index (χ1v) is 5.39. The molecule has 0 saturated heterocycles. The molecule has 0 aliphatic heterocycles. The smallest absolute Gasteiger partial charge is 0.237 e. The van der Waals surface area contributed by atoms with Crippen molar-refractivity contribution in [2.75, 3.05) is 5.88 Å². The minimum Gasteiger partial charge on any atom is -0.368 e. The monoisotopic (exact) mass is 238 g/mol. The molecule has 0 saturated carbocycles. The van der Waals surface area contributed by atoms with Gasteiger partial charge in [-0.2, -0.15) is 0 Å². The fourth-order valence-electron chi connectivity index (χ4n) is 1.64. The van der Waals surface area contributed by atoms with Gasteiger partial charge in [-0.15, -0.1) is 11.6 Å². The van der Waals surface area contributed by atoms with Crippen LogP contribution in [0.2, 0.25) is 0 Å². The second kappa shape index (κ2) is 4.49. The third kappa shape index (κ3) is 1.99. The molecule has 2 heterocycles. The summed E-state index contributed by atoms with van der Waals surface area (Å²) >= 11 is 5.69. The Hall–Kier alpha value is -1.62. The molecule has 2 rings (SSSR count). The maximum absolute atomic E-state index is 11.0. The Morgan fingerprint density at radius 3 is 3.06 bits per heavy atom. The zero-order valence-electron chi connectivity index (χ0n) is 8.56. The summed E-state index contributed by atoms with van der Waals surface area (Å²) in [5, 5.41) is 0. The second-order valence-corrected chi connectivity index (χ2v) is 3.76. The van der Waals surface area contributed by atoms with Crippen LogP contribution in [0.5, 0.6) is 0 Å². The number of carbonyl (C=O) groups excluding carboxylic acids is 1. The second-order valence-electron chi connectivity index (χ2n) is 3.38. The molecule has 2 aromatic heterocycles. The number of carbonyl (C=O) groups is 1. The Labute approximate surface area is 97.2 Å². The number of imidazole rings is 1. The van der Waals surface area contributed by atoms with E-state index in [-0.39, 0.29) is 6.54 Å². The fourth-order valence-corrected chi connectivity index (χ4v) is 1.81. The van der Waals surface area contributed by atoms with Gasteiger partial charge in [0.1, 0.15) is 17.9 Å². The zero-order chi connectivity index (χ0) is 11.5. The fraction of sp³-hybridized carbons (Fsp3) is 0.300.